The lowest BCUT2D eigenvalue weighted by Gasteiger charge is -2.04. The van der Waals surface area contributed by atoms with Gasteiger partial charge in [-0.05, 0) is 26.0 Å². The Hall–Kier alpha value is -2.68. The quantitative estimate of drug-likeness (QED) is 0.753. The summed E-state index contributed by atoms with van der Waals surface area (Å²) < 4.78 is 10.00. The van der Waals surface area contributed by atoms with Crippen molar-refractivity contribution >= 4 is 17.6 Å². The summed E-state index contributed by atoms with van der Waals surface area (Å²) in [6, 6.07) is 5.55. The number of aromatic nitrogens is 6. The van der Waals surface area contributed by atoms with Crippen molar-refractivity contribution < 1.29 is 4.79 Å². The van der Waals surface area contributed by atoms with Gasteiger partial charge in [0.1, 0.15) is 0 Å². The highest BCUT2D eigenvalue weighted by atomic mass is 32.1. The van der Waals surface area contributed by atoms with E-state index in [1.165, 1.54) is 0 Å². The van der Waals surface area contributed by atoms with Crippen LogP contribution in [0.1, 0.15) is 33.3 Å². The van der Waals surface area contributed by atoms with Crippen LogP contribution in [0.5, 0.6) is 0 Å². The number of amides is 1. The van der Waals surface area contributed by atoms with Gasteiger partial charge in [-0.15, -0.1) is 5.10 Å². The lowest BCUT2D eigenvalue weighted by atomic mass is 10.3. The smallest absolute Gasteiger partial charge is 0.274 e. The molecular formula is C14H15N7OS. The Kier molecular flexibility index (Phi) is 4.38. The molecule has 0 bridgehead atoms. The molecule has 3 heterocycles. The third-order valence-corrected chi connectivity index (χ3v) is 4.06. The molecule has 8 nitrogen and oxygen atoms in total. The summed E-state index contributed by atoms with van der Waals surface area (Å²) >= 11 is 1.16. The zero-order valence-electron chi connectivity index (χ0n) is 12.7. The first-order chi connectivity index (χ1) is 11.1. The summed E-state index contributed by atoms with van der Waals surface area (Å²) in [5.74, 6) is -0.271. The van der Waals surface area contributed by atoms with Crippen molar-refractivity contribution in [2.24, 2.45) is 0 Å². The van der Waals surface area contributed by atoms with Crippen LogP contribution in [0.15, 0.2) is 24.4 Å². The van der Waals surface area contributed by atoms with Crippen LogP contribution in [0.3, 0.4) is 0 Å². The number of carbonyl (C=O) groups is 1. The van der Waals surface area contributed by atoms with Gasteiger partial charge < -0.3 is 5.32 Å². The van der Waals surface area contributed by atoms with Gasteiger partial charge in [0.15, 0.2) is 5.69 Å². The molecule has 0 atom stereocenters. The van der Waals surface area contributed by atoms with E-state index in [9.17, 15) is 4.79 Å². The van der Waals surface area contributed by atoms with Crippen LogP contribution in [0.2, 0.25) is 0 Å². The van der Waals surface area contributed by atoms with Gasteiger partial charge in [0.25, 0.3) is 5.91 Å². The summed E-state index contributed by atoms with van der Waals surface area (Å²) in [5.41, 5.74) is 3.49. The van der Waals surface area contributed by atoms with E-state index < -0.39 is 0 Å². The second kappa shape index (κ2) is 6.61. The molecule has 0 unspecified atom stereocenters. The van der Waals surface area contributed by atoms with Crippen LogP contribution in [0.25, 0.3) is 0 Å². The largest absolute Gasteiger partial charge is 0.345 e. The number of nitrogens with one attached hydrogen (secondary N) is 1. The molecule has 0 saturated heterocycles. The minimum absolute atomic E-state index is 0.271. The topological polar surface area (TPSA) is 98.5 Å². The van der Waals surface area contributed by atoms with E-state index >= 15 is 0 Å². The first kappa shape index (κ1) is 15.2. The molecule has 0 saturated carbocycles. The van der Waals surface area contributed by atoms with Gasteiger partial charge in [-0.25, -0.2) is 4.68 Å². The molecule has 0 radical (unpaired) electrons. The molecule has 0 aromatic carbocycles. The standard InChI is InChI=1S/C14H15N7OS/c1-9-12(19-23-18-9)8-21-10(2)13(17-20-21)14(22)16-7-11-5-3-4-6-15-11/h3-6H,7-8H2,1-2H3,(H,16,22). The van der Waals surface area contributed by atoms with Crippen LogP contribution in [-0.4, -0.2) is 34.6 Å². The predicted octanol–water partition coefficient (Wildman–Crippen LogP) is 1.12. The fourth-order valence-corrected chi connectivity index (χ4v) is 2.57. The summed E-state index contributed by atoms with van der Waals surface area (Å²) in [4.78, 5) is 16.4. The van der Waals surface area contributed by atoms with Crippen LogP contribution in [0, 0.1) is 13.8 Å². The van der Waals surface area contributed by atoms with Crippen LogP contribution < -0.4 is 5.32 Å². The molecule has 118 valence electrons. The van der Waals surface area contributed by atoms with Gasteiger partial charge in [-0.2, -0.15) is 8.75 Å². The van der Waals surface area contributed by atoms with Gasteiger partial charge in [-0.1, -0.05) is 11.3 Å². The SMILES string of the molecule is Cc1nsnc1Cn1nnc(C(=O)NCc2ccccn2)c1C. The summed E-state index contributed by atoms with van der Waals surface area (Å²) in [5, 5.41) is 10.8. The summed E-state index contributed by atoms with van der Waals surface area (Å²) in [6.07, 6.45) is 1.69. The van der Waals surface area contributed by atoms with E-state index in [1.54, 1.807) is 10.9 Å². The lowest BCUT2D eigenvalue weighted by Crippen LogP contribution is -2.24. The van der Waals surface area contributed by atoms with Crippen molar-refractivity contribution in [2.45, 2.75) is 26.9 Å². The van der Waals surface area contributed by atoms with Crippen molar-refractivity contribution in [3.05, 3.63) is 52.9 Å². The Morgan fingerprint density at radius 3 is 2.87 bits per heavy atom. The van der Waals surface area contributed by atoms with Crippen LogP contribution in [-0.2, 0) is 13.1 Å². The second-order valence-corrected chi connectivity index (χ2v) is 5.51. The van der Waals surface area contributed by atoms with Gasteiger partial charge in [0, 0.05) is 6.20 Å². The van der Waals surface area contributed by atoms with Crippen LogP contribution in [0.4, 0.5) is 0 Å². The molecule has 1 N–H and O–H groups in total. The minimum Gasteiger partial charge on any atom is -0.345 e. The Morgan fingerprint density at radius 1 is 1.30 bits per heavy atom. The Balaban J connectivity index is 1.68. The maximum absolute atomic E-state index is 12.2. The molecule has 3 aromatic rings. The zero-order chi connectivity index (χ0) is 16.2. The monoisotopic (exact) mass is 329 g/mol. The van der Waals surface area contributed by atoms with Crippen molar-refractivity contribution in [1.82, 2.24) is 34.0 Å². The van der Waals surface area contributed by atoms with Gasteiger partial charge in [0.2, 0.25) is 0 Å². The Labute approximate surface area is 136 Å². The normalized spacial score (nSPS) is 10.7. The highest BCUT2D eigenvalue weighted by Gasteiger charge is 2.17. The Morgan fingerprint density at radius 2 is 2.17 bits per heavy atom. The van der Waals surface area contributed by atoms with Crippen molar-refractivity contribution in [1.29, 1.82) is 0 Å². The van der Waals surface area contributed by atoms with Gasteiger partial charge >= 0.3 is 0 Å². The molecule has 0 aliphatic heterocycles. The maximum Gasteiger partial charge on any atom is 0.274 e. The first-order valence-electron chi connectivity index (χ1n) is 7.01. The number of rotatable bonds is 5. The maximum atomic E-state index is 12.2. The molecule has 0 spiro atoms. The number of carbonyl (C=O) groups excluding carboxylic acids is 1. The molecule has 0 aliphatic carbocycles. The molecule has 3 rings (SSSR count). The highest BCUT2D eigenvalue weighted by molar-refractivity contribution is 6.99. The van der Waals surface area contributed by atoms with E-state index in [4.69, 9.17) is 0 Å². The van der Waals surface area contributed by atoms with Crippen molar-refractivity contribution in [3.63, 3.8) is 0 Å². The van der Waals surface area contributed by atoms with Crippen molar-refractivity contribution in [2.75, 3.05) is 0 Å². The van der Waals surface area contributed by atoms with Crippen LogP contribution >= 0.6 is 11.7 Å². The number of hydrogen-bond acceptors (Lipinski definition) is 7. The first-order valence-corrected chi connectivity index (χ1v) is 7.74. The molecule has 3 aromatic heterocycles. The second-order valence-electron chi connectivity index (χ2n) is 4.98. The van der Waals surface area contributed by atoms with Crippen molar-refractivity contribution in [3.8, 4) is 0 Å². The summed E-state index contributed by atoms with van der Waals surface area (Å²) in [6.45, 7) is 4.51. The fourth-order valence-electron chi connectivity index (χ4n) is 2.01. The molecule has 0 fully saturated rings. The minimum atomic E-state index is -0.271. The highest BCUT2D eigenvalue weighted by Crippen LogP contribution is 2.10. The third-order valence-electron chi connectivity index (χ3n) is 3.40. The number of nitrogens with zero attached hydrogens (tertiary/aromatic N) is 6. The average Bonchev–Trinajstić information content (AvgIpc) is 3.13. The predicted molar refractivity (Wildman–Crippen MR) is 83.9 cm³/mol. The van der Waals surface area contributed by atoms with Gasteiger partial charge in [-0.3, -0.25) is 9.78 Å². The molecule has 1 amide bonds. The molecule has 23 heavy (non-hydrogen) atoms. The number of aryl methyl sites for hydroxylation is 1. The van der Waals surface area contributed by atoms with E-state index in [0.29, 0.717) is 24.5 Å². The van der Waals surface area contributed by atoms with E-state index in [-0.39, 0.29) is 5.91 Å². The van der Waals surface area contributed by atoms with E-state index in [0.717, 1.165) is 28.8 Å². The summed E-state index contributed by atoms with van der Waals surface area (Å²) in [7, 11) is 0. The average molecular weight is 329 g/mol. The Bertz CT molecular complexity index is 812. The number of hydrogen-bond donors (Lipinski definition) is 1. The lowest BCUT2D eigenvalue weighted by molar-refractivity contribution is 0.0944. The van der Waals surface area contributed by atoms with E-state index in [1.807, 2.05) is 32.0 Å². The van der Waals surface area contributed by atoms with E-state index in [2.05, 4.69) is 29.4 Å². The number of pyridine rings is 1. The molecule has 9 heteroatoms. The zero-order valence-corrected chi connectivity index (χ0v) is 13.5. The fraction of sp³-hybridized carbons (Fsp3) is 0.286. The third kappa shape index (κ3) is 3.39. The molecule has 0 aliphatic rings. The molecular weight excluding hydrogens is 314 g/mol. The van der Waals surface area contributed by atoms with Gasteiger partial charge in [0.05, 0.1) is 47.6 Å².